The zero-order chi connectivity index (χ0) is 55.2. The van der Waals surface area contributed by atoms with Crippen LogP contribution in [-0.2, 0) is 0 Å². The Bertz CT molecular complexity index is 3470. The van der Waals surface area contributed by atoms with Crippen molar-refractivity contribution < 1.29 is 0 Å². The van der Waals surface area contributed by atoms with Crippen LogP contribution in [0.1, 0.15) is 98.3 Å². The van der Waals surface area contributed by atoms with Gasteiger partial charge in [0.05, 0.1) is 0 Å². The van der Waals surface area contributed by atoms with Crippen molar-refractivity contribution in [3.8, 4) is 66.8 Å². The Morgan fingerprint density at radius 1 is 0.232 bits per heavy atom. The highest BCUT2D eigenvalue weighted by molar-refractivity contribution is 5.91. The average molecular weight is 1060 g/mol. The highest BCUT2D eigenvalue weighted by atomic mass is 15.1. The van der Waals surface area contributed by atoms with Crippen molar-refractivity contribution in [3.05, 3.63) is 289 Å². The van der Waals surface area contributed by atoms with Gasteiger partial charge in [-0.15, -0.1) is 0 Å². The fourth-order valence-corrected chi connectivity index (χ4v) is 13.3. The lowest BCUT2D eigenvalue weighted by Crippen LogP contribution is -2.13. The number of benzene rings is 11. The third-order valence-corrected chi connectivity index (χ3v) is 17.8. The second-order valence-electron chi connectivity index (χ2n) is 23.0. The van der Waals surface area contributed by atoms with Crippen molar-refractivity contribution >= 4 is 34.1 Å². The summed E-state index contributed by atoms with van der Waals surface area (Å²) >= 11 is 0. The predicted molar refractivity (Wildman–Crippen MR) is 350 cm³/mol. The Morgan fingerprint density at radius 3 is 0.744 bits per heavy atom. The summed E-state index contributed by atoms with van der Waals surface area (Å²) in [6.07, 6.45) is 12.4. The molecule has 2 aliphatic carbocycles. The fourth-order valence-electron chi connectivity index (χ4n) is 13.3. The molecule has 2 nitrogen and oxygen atoms in total. The summed E-state index contributed by atoms with van der Waals surface area (Å²) in [6.45, 7) is 4.62. The monoisotopic (exact) mass is 1060 g/mol. The molecule has 0 aliphatic heterocycles. The van der Waals surface area contributed by atoms with Gasteiger partial charge in [-0.05, 0) is 213 Å². The maximum atomic E-state index is 2.58. The van der Waals surface area contributed by atoms with Crippen molar-refractivity contribution in [2.24, 2.45) is 0 Å². The van der Waals surface area contributed by atoms with Crippen LogP contribution in [0.25, 0.3) is 66.8 Å². The minimum absolute atomic E-state index is 0.455. The van der Waals surface area contributed by atoms with E-state index in [1.807, 2.05) is 0 Å². The molecule has 0 N–H and O–H groups in total. The lowest BCUT2D eigenvalue weighted by molar-refractivity contribution is 0.444. The topological polar surface area (TPSA) is 6.48 Å². The summed E-state index contributed by atoms with van der Waals surface area (Å²) < 4.78 is 0. The first-order valence-electron chi connectivity index (χ1n) is 30.1. The number of hydrogen-bond donors (Lipinski definition) is 0. The lowest BCUT2D eigenvalue weighted by atomic mass is 9.77. The molecular formula is C80H72N2. The van der Waals surface area contributed by atoms with E-state index in [9.17, 15) is 0 Å². The van der Waals surface area contributed by atoms with Crippen LogP contribution in [0.5, 0.6) is 0 Å². The SMILES string of the molecule is Cc1cc(-c2ccc(N(c3ccc(-c4ccccc4)cc3)c3ccc(-c4ccccc4)cc3)cc2C2CCCCC2)c(-c2ccc(N(c3ccc(-c4ccccc4)cc3)c3ccc(-c4ccccc4)cc3)cc2C2CCCCC2)cc1C. The zero-order valence-corrected chi connectivity index (χ0v) is 47.5. The average Bonchev–Trinajstić information content (AvgIpc) is 3.73. The Hall–Kier alpha value is -8.98. The van der Waals surface area contributed by atoms with Gasteiger partial charge in [-0.25, -0.2) is 0 Å². The molecular weight excluding hydrogens is 989 g/mol. The third kappa shape index (κ3) is 11.1. The van der Waals surface area contributed by atoms with E-state index in [1.54, 1.807) is 0 Å². The normalized spacial score (nSPS) is 13.9. The van der Waals surface area contributed by atoms with E-state index in [2.05, 4.69) is 291 Å². The Balaban J connectivity index is 0.952. The quantitative estimate of drug-likeness (QED) is 0.107. The summed E-state index contributed by atoms with van der Waals surface area (Å²) in [5.74, 6) is 0.910. The Kier molecular flexibility index (Phi) is 15.3. The van der Waals surface area contributed by atoms with Crippen LogP contribution in [0.4, 0.5) is 34.1 Å². The number of aryl methyl sites for hydroxylation is 2. The molecule has 11 aromatic carbocycles. The van der Waals surface area contributed by atoms with E-state index in [1.165, 1.54) is 165 Å². The molecule has 0 spiro atoms. The second kappa shape index (κ2) is 24.0. The van der Waals surface area contributed by atoms with Crippen LogP contribution in [0.15, 0.2) is 267 Å². The van der Waals surface area contributed by atoms with Gasteiger partial charge in [0.15, 0.2) is 0 Å². The number of anilines is 6. The van der Waals surface area contributed by atoms with Gasteiger partial charge in [0.2, 0.25) is 0 Å². The first-order valence-corrected chi connectivity index (χ1v) is 30.1. The minimum Gasteiger partial charge on any atom is -0.310 e. The molecule has 2 saturated carbocycles. The molecule has 0 saturated heterocycles. The molecule has 402 valence electrons. The first kappa shape index (κ1) is 52.4. The summed E-state index contributed by atoms with van der Waals surface area (Å²) in [5.41, 5.74) is 27.7. The summed E-state index contributed by atoms with van der Waals surface area (Å²) in [6, 6.07) is 99.7. The van der Waals surface area contributed by atoms with Crippen LogP contribution >= 0.6 is 0 Å². The van der Waals surface area contributed by atoms with Crippen LogP contribution in [0.2, 0.25) is 0 Å². The summed E-state index contributed by atoms with van der Waals surface area (Å²) in [7, 11) is 0. The van der Waals surface area contributed by atoms with Gasteiger partial charge in [-0.3, -0.25) is 0 Å². The molecule has 0 heterocycles. The van der Waals surface area contributed by atoms with E-state index in [0.29, 0.717) is 11.8 Å². The molecule has 0 aromatic heterocycles. The zero-order valence-electron chi connectivity index (χ0n) is 47.5. The maximum absolute atomic E-state index is 2.58. The third-order valence-electron chi connectivity index (χ3n) is 17.8. The Morgan fingerprint density at radius 2 is 0.476 bits per heavy atom. The maximum Gasteiger partial charge on any atom is 0.0464 e. The van der Waals surface area contributed by atoms with Gasteiger partial charge in [0.25, 0.3) is 0 Å². The molecule has 0 radical (unpaired) electrons. The summed E-state index contributed by atoms with van der Waals surface area (Å²) in [4.78, 5) is 4.97. The Labute approximate surface area is 487 Å². The van der Waals surface area contributed by atoms with E-state index in [0.717, 1.165) is 22.7 Å². The van der Waals surface area contributed by atoms with Crippen molar-refractivity contribution in [3.63, 3.8) is 0 Å². The van der Waals surface area contributed by atoms with Gasteiger partial charge in [-0.2, -0.15) is 0 Å². The fraction of sp³-hybridized carbons (Fsp3) is 0.175. The number of rotatable bonds is 14. The summed E-state index contributed by atoms with van der Waals surface area (Å²) in [5, 5.41) is 0. The molecule has 0 unspecified atom stereocenters. The molecule has 2 aliphatic rings. The van der Waals surface area contributed by atoms with Crippen molar-refractivity contribution in [1.29, 1.82) is 0 Å². The van der Waals surface area contributed by atoms with Crippen LogP contribution in [-0.4, -0.2) is 0 Å². The molecule has 82 heavy (non-hydrogen) atoms. The van der Waals surface area contributed by atoms with Crippen molar-refractivity contribution in [2.75, 3.05) is 9.80 Å². The van der Waals surface area contributed by atoms with Crippen LogP contribution in [0, 0.1) is 13.8 Å². The van der Waals surface area contributed by atoms with E-state index in [-0.39, 0.29) is 0 Å². The second-order valence-corrected chi connectivity index (χ2v) is 23.0. The molecule has 11 aromatic rings. The van der Waals surface area contributed by atoms with Gasteiger partial charge in [0.1, 0.15) is 0 Å². The lowest BCUT2D eigenvalue weighted by Gasteiger charge is -2.31. The standard InChI is InChI=1S/C80H72N2/c1-57-53-79(75-51-49-73(55-77(75)67-29-17-7-18-30-67)81(69-41-33-63(34-42-69)59-21-9-3-10-22-59)70-43-35-64(36-44-70)60-23-11-4-12-24-60)80(54-58(57)2)76-52-50-74(56-78(76)68-31-19-8-20-32-68)82(71-45-37-65(38-46-71)61-25-13-5-14-26-61)72-47-39-66(40-48-72)62-27-15-6-16-28-62/h3-6,9-16,21-28,33-56,67-68H,7-8,17-20,29-32H2,1-2H3. The van der Waals surface area contributed by atoms with Gasteiger partial charge >= 0.3 is 0 Å². The molecule has 0 amide bonds. The predicted octanol–water partition coefficient (Wildman–Crippen LogP) is 23.3. The van der Waals surface area contributed by atoms with Gasteiger partial charge in [0, 0.05) is 34.1 Å². The molecule has 0 bridgehead atoms. The van der Waals surface area contributed by atoms with Crippen molar-refractivity contribution in [1.82, 2.24) is 0 Å². The highest BCUT2D eigenvalue weighted by Crippen LogP contribution is 2.50. The van der Waals surface area contributed by atoms with E-state index < -0.39 is 0 Å². The molecule has 2 heteroatoms. The van der Waals surface area contributed by atoms with E-state index >= 15 is 0 Å². The highest BCUT2D eigenvalue weighted by Gasteiger charge is 2.28. The van der Waals surface area contributed by atoms with Gasteiger partial charge < -0.3 is 9.80 Å². The smallest absolute Gasteiger partial charge is 0.0464 e. The van der Waals surface area contributed by atoms with Crippen LogP contribution < -0.4 is 9.80 Å². The van der Waals surface area contributed by atoms with Gasteiger partial charge in [-0.1, -0.05) is 233 Å². The number of hydrogen-bond acceptors (Lipinski definition) is 2. The molecule has 13 rings (SSSR count). The largest absolute Gasteiger partial charge is 0.310 e. The van der Waals surface area contributed by atoms with Crippen LogP contribution in [0.3, 0.4) is 0 Å². The molecule has 0 atom stereocenters. The first-order chi connectivity index (χ1) is 40.5. The molecule has 2 fully saturated rings. The minimum atomic E-state index is 0.455. The number of nitrogens with zero attached hydrogens (tertiary/aromatic N) is 2. The van der Waals surface area contributed by atoms with E-state index in [4.69, 9.17) is 0 Å². The van der Waals surface area contributed by atoms with Crippen molar-refractivity contribution in [2.45, 2.75) is 89.9 Å².